The first-order valence-electron chi connectivity index (χ1n) is 12.9. The molecule has 4 rings (SSSR count). The molecular weight excluding hydrogens is 563 g/mol. The van der Waals surface area contributed by atoms with Crippen molar-refractivity contribution in [3.8, 4) is 0 Å². The summed E-state index contributed by atoms with van der Waals surface area (Å²) in [7, 11) is -2.63. The second-order valence-electron chi connectivity index (χ2n) is 10.7. The number of carboxylic acids is 1. The Labute approximate surface area is 238 Å². The van der Waals surface area contributed by atoms with Crippen LogP contribution in [0.2, 0.25) is 10.0 Å². The Bertz CT molecular complexity index is 1380. The predicted molar refractivity (Wildman–Crippen MR) is 149 cm³/mol. The molecule has 2 amide bonds. The van der Waals surface area contributed by atoms with Gasteiger partial charge in [-0.1, -0.05) is 61.3 Å². The molecule has 2 aliphatic rings. The molecule has 11 heteroatoms. The first kappa shape index (κ1) is 29.4. The summed E-state index contributed by atoms with van der Waals surface area (Å²) in [5.74, 6) is -2.82. The third-order valence-electron chi connectivity index (χ3n) is 7.78. The van der Waals surface area contributed by atoms with Crippen LogP contribution in [0.3, 0.4) is 0 Å². The molecule has 2 aromatic rings. The van der Waals surface area contributed by atoms with Crippen molar-refractivity contribution in [2.24, 2.45) is 5.41 Å². The number of likely N-dealkylation sites (tertiary alicyclic amines) is 1. The highest BCUT2D eigenvalue weighted by molar-refractivity contribution is 7.90. The number of rotatable bonds is 9. The predicted octanol–water partition coefficient (Wildman–Crippen LogP) is 5.26. The number of carbonyl (C=O) groups excluding carboxylic acids is 2. The highest BCUT2D eigenvalue weighted by Gasteiger charge is 2.54. The maximum Gasteiger partial charge on any atom is 0.304 e. The highest BCUT2D eigenvalue weighted by Crippen LogP contribution is 2.52. The van der Waals surface area contributed by atoms with E-state index < -0.39 is 62.9 Å². The lowest BCUT2D eigenvalue weighted by Gasteiger charge is -2.51. The van der Waals surface area contributed by atoms with E-state index in [1.807, 2.05) is 6.07 Å². The van der Waals surface area contributed by atoms with Gasteiger partial charge in [0.1, 0.15) is 6.04 Å². The van der Waals surface area contributed by atoms with Crippen molar-refractivity contribution >= 4 is 51.0 Å². The molecule has 1 heterocycles. The first-order chi connectivity index (χ1) is 18.3. The van der Waals surface area contributed by atoms with E-state index in [-0.39, 0.29) is 12.8 Å². The molecule has 0 unspecified atom stereocenters. The molecule has 0 spiro atoms. The Morgan fingerprint density at radius 2 is 1.74 bits per heavy atom. The second-order valence-corrected chi connectivity index (χ2v) is 13.8. The van der Waals surface area contributed by atoms with Crippen molar-refractivity contribution in [1.29, 1.82) is 0 Å². The van der Waals surface area contributed by atoms with E-state index >= 15 is 0 Å². The molecule has 2 aromatic carbocycles. The van der Waals surface area contributed by atoms with Gasteiger partial charge in [0.05, 0.1) is 23.1 Å². The molecule has 1 N–H and O–H groups in total. The average Bonchev–Trinajstić information content (AvgIpc) is 3.73. The fraction of sp³-hybridized carbons (Fsp3) is 0.464. The number of hydrogen-bond acceptors (Lipinski definition) is 5. The minimum Gasteiger partial charge on any atom is -0.481 e. The summed E-state index contributed by atoms with van der Waals surface area (Å²) < 4.78 is 26.8. The average molecular weight is 596 g/mol. The third-order valence-corrected chi connectivity index (χ3v) is 10.5. The SMILES string of the molecule is CC[C@H](C(=O)N(C)S(=O)(=O)C1CC1)N1C(=O)[C@](C)(CC(=O)O)C[C@@H](c2cccc(Cl)c2)[C@@H]1c1ccc(Cl)cc1. The summed E-state index contributed by atoms with van der Waals surface area (Å²) in [5, 5.41) is 10.1. The van der Waals surface area contributed by atoms with Gasteiger partial charge in [0.2, 0.25) is 15.9 Å². The second kappa shape index (κ2) is 11.1. The Kier molecular flexibility index (Phi) is 8.36. The molecule has 39 heavy (non-hydrogen) atoms. The van der Waals surface area contributed by atoms with Crippen LogP contribution in [0.4, 0.5) is 0 Å². The van der Waals surface area contributed by atoms with Crippen LogP contribution in [0.5, 0.6) is 0 Å². The normalized spacial score (nSPS) is 24.3. The molecule has 1 saturated heterocycles. The van der Waals surface area contributed by atoms with Gasteiger partial charge in [-0.15, -0.1) is 0 Å². The van der Waals surface area contributed by atoms with E-state index in [0.29, 0.717) is 28.5 Å². The Balaban J connectivity index is 1.91. The molecule has 210 valence electrons. The number of nitrogens with zero attached hydrogens (tertiary/aromatic N) is 2. The summed E-state index contributed by atoms with van der Waals surface area (Å²) in [6.07, 6.45) is 0.835. The van der Waals surface area contributed by atoms with Gasteiger partial charge in [-0.25, -0.2) is 12.7 Å². The maximum absolute atomic E-state index is 14.3. The summed E-state index contributed by atoms with van der Waals surface area (Å²) in [6.45, 7) is 3.30. The molecular formula is C28H32Cl2N2O6S. The van der Waals surface area contributed by atoms with Crippen molar-refractivity contribution in [3.05, 3.63) is 69.7 Å². The van der Waals surface area contributed by atoms with Gasteiger partial charge in [0.25, 0.3) is 5.91 Å². The number of sulfonamides is 1. The minimum atomic E-state index is -3.87. The van der Waals surface area contributed by atoms with E-state index in [9.17, 15) is 27.9 Å². The molecule has 8 nitrogen and oxygen atoms in total. The number of piperidine rings is 1. The zero-order chi connectivity index (χ0) is 28.7. The topological polar surface area (TPSA) is 112 Å². The number of aliphatic carboxylic acids is 1. The van der Waals surface area contributed by atoms with E-state index in [0.717, 1.165) is 9.87 Å². The number of likely N-dealkylation sites (N-methyl/N-ethyl adjacent to an activating group) is 1. The molecule has 0 bridgehead atoms. The lowest BCUT2D eigenvalue weighted by molar-refractivity contribution is -0.163. The van der Waals surface area contributed by atoms with Gasteiger partial charge in [0.15, 0.2) is 0 Å². The summed E-state index contributed by atoms with van der Waals surface area (Å²) in [5.41, 5.74) is 0.107. The quantitative estimate of drug-likeness (QED) is 0.423. The van der Waals surface area contributed by atoms with Gasteiger partial charge in [-0.3, -0.25) is 14.4 Å². The fourth-order valence-electron chi connectivity index (χ4n) is 5.64. The molecule has 1 aliphatic heterocycles. The largest absolute Gasteiger partial charge is 0.481 e. The molecule has 1 saturated carbocycles. The fourth-order valence-corrected chi connectivity index (χ4v) is 7.51. The molecule has 0 aromatic heterocycles. The molecule has 2 fully saturated rings. The Morgan fingerprint density at radius 1 is 1.10 bits per heavy atom. The maximum atomic E-state index is 14.3. The number of amides is 2. The minimum absolute atomic E-state index is 0.130. The van der Waals surface area contributed by atoms with Crippen LogP contribution in [0.25, 0.3) is 0 Å². The van der Waals surface area contributed by atoms with E-state index in [2.05, 4.69) is 0 Å². The molecule has 1 aliphatic carbocycles. The zero-order valence-corrected chi connectivity index (χ0v) is 24.3. The van der Waals surface area contributed by atoms with Crippen molar-refractivity contribution in [2.45, 2.75) is 69.2 Å². The molecule has 0 radical (unpaired) electrons. The summed E-state index contributed by atoms with van der Waals surface area (Å²) >= 11 is 12.5. The summed E-state index contributed by atoms with van der Waals surface area (Å²) in [6, 6.07) is 12.2. The molecule has 4 atom stereocenters. The number of benzene rings is 2. The lowest BCUT2D eigenvalue weighted by atomic mass is 9.67. The Hall–Kier alpha value is -2.62. The van der Waals surface area contributed by atoms with E-state index in [4.69, 9.17) is 23.2 Å². The van der Waals surface area contributed by atoms with Crippen molar-refractivity contribution in [3.63, 3.8) is 0 Å². The van der Waals surface area contributed by atoms with Crippen molar-refractivity contribution in [2.75, 3.05) is 7.05 Å². The van der Waals surface area contributed by atoms with Crippen molar-refractivity contribution in [1.82, 2.24) is 9.21 Å². The standard InChI is InChI=1S/C28H32Cl2N2O6S/c1-4-23(26(35)31(3)39(37,38)21-12-13-21)32-25(17-8-10-19(29)11-9-17)22(18-6-5-7-20(30)14-18)15-28(2,27(32)36)16-24(33)34/h5-11,14,21-23,25H,4,12-13,15-16H2,1-3H3,(H,33,34)/t22-,23+,25-,28-/m0/s1. The van der Waals surface area contributed by atoms with Crippen LogP contribution < -0.4 is 0 Å². The van der Waals surface area contributed by atoms with Gasteiger partial charge in [0, 0.05) is 23.0 Å². The van der Waals surface area contributed by atoms with E-state index in [1.54, 1.807) is 56.3 Å². The van der Waals surface area contributed by atoms with Gasteiger partial charge in [-0.05, 0) is 61.1 Å². The zero-order valence-electron chi connectivity index (χ0n) is 22.0. The van der Waals surface area contributed by atoms with Crippen LogP contribution in [0.1, 0.15) is 69.0 Å². The van der Waals surface area contributed by atoms with E-state index in [1.165, 1.54) is 11.9 Å². The number of hydrogen-bond donors (Lipinski definition) is 1. The highest BCUT2D eigenvalue weighted by atomic mass is 35.5. The number of halogens is 2. The lowest BCUT2D eigenvalue weighted by Crippen LogP contribution is -2.60. The Morgan fingerprint density at radius 3 is 2.28 bits per heavy atom. The monoisotopic (exact) mass is 594 g/mol. The number of carboxylic acid groups (broad SMARTS) is 1. The summed E-state index contributed by atoms with van der Waals surface area (Å²) in [4.78, 5) is 41.5. The van der Waals surface area contributed by atoms with Gasteiger partial charge < -0.3 is 10.0 Å². The smallest absolute Gasteiger partial charge is 0.304 e. The van der Waals surface area contributed by atoms with Gasteiger partial charge >= 0.3 is 5.97 Å². The number of carbonyl (C=O) groups is 3. The van der Waals surface area contributed by atoms with Crippen LogP contribution in [-0.2, 0) is 24.4 Å². The van der Waals surface area contributed by atoms with Gasteiger partial charge in [-0.2, -0.15) is 0 Å². The third kappa shape index (κ3) is 5.81. The van der Waals surface area contributed by atoms with Crippen LogP contribution in [-0.4, -0.2) is 58.9 Å². The first-order valence-corrected chi connectivity index (χ1v) is 15.1. The van der Waals surface area contributed by atoms with Crippen LogP contribution in [0, 0.1) is 5.41 Å². The van der Waals surface area contributed by atoms with Crippen LogP contribution >= 0.6 is 23.2 Å². The van der Waals surface area contributed by atoms with Crippen LogP contribution in [0.15, 0.2) is 48.5 Å². The van der Waals surface area contributed by atoms with Crippen molar-refractivity contribution < 1.29 is 27.9 Å².